The van der Waals surface area contributed by atoms with Gasteiger partial charge in [-0.05, 0) is 43.9 Å². The first-order valence-electron chi connectivity index (χ1n) is 10.4. The van der Waals surface area contributed by atoms with E-state index >= 15 is 0 Å². The molecule has 2 heterocycles. The van der Waals surface area contributed by atoms with E-state index in [2.05, 4.69) is 22.8 Å². The van der Waals surface area contributed by atoms with Gasteiger partial charge in [0.05, 0.1) is 12.2 Å². The van der Waals surface area contributed by atoms with Crippen LogP contribution in [-0.2, 0) is 9.59 Å². The number of ketones is 1. The Bertz CT molecular complexity index is 1020. The average molecular weight is 445 g/mol. The van der Waals surface area contributed by atoms with Crippen molar-refractivity contribution in [3.63, 3.8) is 0 Å². The summed E-state index contributed by atoms with van der Waals surface area (Å²) in [6.45, 7) is 2.59. The van der Waals surface area contributed by atoms with Gasteiger partial charge in [-0.1, -0.05) is 18.2 Å². The number of hydrogen-bond donors (Lipinski definition) is 2. The SMILES string of the molecule is CC(C(=O)O)n1ncc(C=C2CN(C(C(=O)C3CC3)c3ccccc3F)CCC2S)n1. The molecule has 3 unspecified atom stereocenters. The number of Topliss-reactive ketones (excluding diaryl/α,β-unsaturated/α-hetero) is 1. The minimum atomic E-state index is -1.02. The number of hydrogen-bond acceptors (Lipinski definition) is 6. The molecule has 2 fully saturated rings. The summed E-state index contributed by atoms with van der Waals surface area (Å²) in [5, 5.41) is 17.4. The fourth-order valence-corrected chi connectivity index (χ4v) is 4.17. The third-order valence-electron chi connectivity index (χ3n) is 5.88. The third-order valence-corrected chi connectivity index (χ3v) is 6.47. The lowest BCUT2D eigenvalue weighted by atomic mass is 9.93. The molecule has 0 radical (unpaired) electrons. The fourth-order valence-electron chi connectivity index (χ4n) is 3.90. The van der Waals surface area contributed by atoms with E-state index in [4.69, 9.17) is 5.11 Å². The predicted molar refractivity (Wildman–Crippen MR) is 116 cm³/mol. The predicted octanol–water partition coefficient (Wildman–Crippen LogP) is 3.17. The maximum atomic E-state index is 14.6. The molecule has 164 valence electrons. The fraction of sp³-hybridized carbons (Fsp3) is 0.455. The largest absolute Gasteiger partial charge is 0.480 e. The molecule has 1 N–H and O–H groups in total. The molecular formula is C22H25FN4O3S. The molecule has 0 amide bonds. The number of carbonyl (C=O) groups is 2. The first-order chi connectivity index (χ1) is 14.8. The van der Waals surface area contributed by atoms with Crippen molar-refractivity contribution in [1.29, 1.82) is 0 Å². The molecule has 1 saturated carbocycles. The van der Waals surface area contributed by atoms with Crippen molar-refractivity contribution in [3.05, 3.63) is 53.1 Å². The Morgan fingerprint density at radius 2 is 2.03 bits per heavy atom. The molecule has 0 bridgehead atoms. The molecule has 2 aliphatic rings. The lowest BCUT2D eigenvalue weighted by Crippen LogP contribution is -2.42. The van der Waals surface area contributed by atoms with Crippen molar-refractivity contribution < 1.29 is 19.1 Å². The molecule has 1 saturated heterocycles. The summed E-state index contributed by atoms with van der Waals surface area (Å²) in [5.41, 5.74) is 1.88. The summed E-state index contributed by atoms with van der Waals surface area (Å²) in [4.78, 5) is 27.4. The van der Waals surface area contributed by atoms with E-state index in [-0.39, 0.29) is 22.8 Å². The van der Waals surface area contributed by atoms with Crippen LogP contribution in [0.3, 0.4) is 0 Å². The van der Waals surface area contributed by atoms with Gasteiger partial charge in [-0.15, -0.1) is 0 Å². The highest BCUT2D eigenvalue weighted by molar-refractivity contribution is 7.81. The summed E-state index contributed by atoms with van der Waals surface area (Å²) in [7, 11) is 0. The van der Waals surface area contributed by atoms with Crippen LogP contribution in [0.2, 0.25) is 0 Å². The molecule has 1 aromatic carbocycles. The number of aromatic nitrogens is 3. The number of benzene rings is 1. The summed E-state index contributed by atoms with van der Waals surface area (Å²) < 4.78 is 14.6. The zero-order chi connectivity index (χ0) is 22.1. The van der Waals surface area contributed by atoms with Crippen molar-refractivity contribution in [1.82, 2.24) is 19.9 Å². The number of piperidine rings is 1. The third kappa shape index (κ3) is 4.72. The second-order valence-electron chi connectivity index (χ2n) is 8.20. The molecule has 1 aliphatic heterocycles. The monoisotopic (exact) mass is 444 g/mol. The van der Waals surface area contributed by atoms with Gasteiger partial charge in [-0.25, -0.2) is 9.18 Å². The minimum absolute atomic E-state index is 0.00293. The molecule has 7 nitrogen and oxygen atoms in total. The number of rotatable bonds is 7. The van der Waals surface area contributed by atoms with Gasteiger partial charge >= 0.3 is 5.97 Å². The number of aliphatic carboxylic acids is 1. The van der Waals surface area contributed by atoms with Gasteiger partial charge in [0.15, 0.2) is 11.8 Å². The highest BCUT2D eigenvalue weighted by atomic mass is 32.1. The minimum Gasteiger partial charge on any atom is -0.480 e. The Balaban J connectivity index is 1.61. The van der Waals surface area contributed by atoms with Gasteiger partial charge in [-0.3, -0.25) is 9.69 Å². The second-order valence-corrected chi connectivity index (χ2v) is 8.82. The highest BCUT2D eigenvalue weighted by Gasteiger charge is 2.40. The Morgan fingerprint density at radius 1 is 1.29 bits per heavy atom. The summed E-state index contributed by atoms with van der Waals surface area (Å²) in [5.74, 6) is -1.31. The first kappa shape index (κ1) is 21.7. The molecule has 4 rings (SSSR count). The van der Waals surface area contributed by atoms with Gasteiger partial charge in [-0.2, -0.15) is 27.6 Å². The summed E-state index contributed by atoms with van der Waals surface area (Å²) in [6, 6.07) is 4.98. The van der Waals surface area contributed by atoms with E-state index in [9.17, 15) is 14.0 Å². The molecule has 31 heavy (non-hydrogen) atoms. The van der Waals surface area contributed by atoms with E-state index in [1.807, 2.05) is 11.0 Å². The Hall–Kier alpha value is -2.52. The van der Waals surface area contributed by atoms with Crippen molar-refractivity contribution >= 4 is 30.5 Å². The normalized spacial score (nSPS) is 22.9. The van der Waals surface area contributed by atoms with E-state index < -0.39 is 18.1 Å². The average Bonchev–Trinajstić information content (AvgIpc) is 3.50. The van der Waals surface area contributed by atoms with Gasteiger partial charge in [0.2, 0.25) is 0 Å². The molecule has 9 heteroatoms. The summed E-state index contributed by atoms with van der Waals surface area (Å²) >= 11 is 4.69. The zero-order valence-corrected chi connectivity index (χ0v) is 18.1. The maximum absolute atomic E-state index is 14.6. The molecule has 3 atom stereocenters. The number of thiol groups is 1. The van der Waals surface area contributed by atoms with Gasteiger partial charge < -0.3 is 5.11 Å². The van der Waals surface area contributed by atoms with Crippen LogP contribution >= 0.6 is 12.6 Å². The second kappa shape index (κ2) is 8.92. The maximum Gasteiger partial charge on any atom is 0.330 e. The number of carbonyl (C=O) groups excluding carboxylic acids is 1. The van der Waals surface area contributed by atoms with Crippen LogP contribution in [0.15, 0.2) is 36.0 Å². The van der Waals surface area contributed by atoms with Crippen LogP contribution in [0.25, 0.3) is 6.08 Å². The first-order valence-corrected chi connectivity index (χ1v) is 10.9. The van der Waals surface area contributed by atoms with Gasteiger partial charge in [0, 0.05) is 29.8 Å². The van der Waals surface area contributed by atoms with Crippen molar-refractivity contribution in [2.24, 2.45) is 5.92 Å². The number of likely N-dealkylation sites (tertiary alicyclic amines) is 1. The molecule has 1 aliphatic carbocycles. The van der Waals surface area contributed by atoms with Crippen molar-refractivity contribution in [2.75, 3.05) is 13.1 Å². The number of carboxylic acids is 1. The van der Waals surface area contributed by atoms with Crippen molar-refractivity contribution in [3.8, 4) is 0 Å². The Labute approximate surface area is 185 Å². The van der Waals surface area contributed by atoms with Crippen LogP contribution in [0.1, 0.15) is 49.5 Å². The Kier molecular flexibility index (Phi) is 6.24. The van der Waals surface area contributed by atoms with Gasteiger partial charge in [0.25, 0.3) is 0 Å². The van der Waals surface area contributed by atoms with Crippen LogP contribution in [0.5, 0.6) is 0 Å². The molecule has 2 aromatic rings. The lowest BCUT2D eigenvalue weighted by molar-refractivity contribution is -0.141. The Morgan fingerprint density at radius 3 is 2.71 bits per heavy atom. The lowest BCUT2D eigenvalue weighted by Gasteiger charge is -2.37. The summed E-state index contributed by atoms with van der Waals surface area (Å²) in [6.07, 6.45) is 5.77. The van der Waals surface area contributed by atoms with E-state index in [1.54, 1.807) is 18.2 Å². The smallest absolute Gasteiger partial charge is 0.330 e. The molecule has 1 aromatic heterocycles. The van der Waals surface area contributed by atoms with Crippen molar-refractivity contribution in [2.45, 2.75) is 43.5 Å². The van der Waals surface area contributed by atoms with Crippen LogP contribution in [-0.4, -0.2) is 55.1 Å². The topological polar surface area (TPSA) is 88.3 Å². The van der Waals surface area contributed by atoms with Gasteiger partial charge in [0.1, 0.15) is 11.5 Å². The molecular weight excluding hydrogens is 419 g/mol. The standard InChI is InChI=1S/C22H25FN4O3S/c1-13(22(29)30)27-24-11-16(25-27)10-15-12-26(9-8-19(15)31)20(21(28)14-6-7-14)17-4-2-3-5-18(17)23/h2-5,10-11,13-14,19-20,31H,6-9,12H2,1H3,(H,29,30). The van der Waals surface area contributed by atoms with E-state index in [0.717, 1.165) is 23.2 Å². The van der Waals surface area contributed by atoms with Crippen LogP contribution < -0.4 is 0 Å². The van der Waals surface area contributed by atoms with E-state index in [1.165, 1.54) is 19.2 Å². The molecule has 0 spiro atoms. The number of carboxylic acid groups (broad SMARTS) is 1. The van der Waals surface area contributed by atoms with E-state index in [0.29, 0.717) is 30.8 Å². The van der Waals surface area contributed by atoms with Crippen LogP contribution in [0, 0.1) is 11.7 Å². The number of halogens is 1. The zero-order valence-electron chi connectivity index (χ0n) is 17.2. The quantitative estimate of drug-likeness (QED) is 0.638. The number of nitrogens with zero attached hydrogens (tertiary/aromatic N) is 4. The van der Waals surface area contributed by atoms with Crippen LogP contribution in [0.4, 0.5) is 4.39 Å². The highest BCUT2D eigenvalue weighted by Crippen LogP contribution is 2.39.